The molecular formula is C15H23Cl2N3O. The van der Waals surface area contributed by atoms with Crippen molar-refractivity contribution >= 4 is 36.4 Å². The van der Waals surface area contributed by atoms with Crippen LogP contribution >= 0.6 is 24.8 Å². The third-order valence-corrected chi connectivity index (χ3v) is 4.12. The first kappa shape index (κ1) is 18.1. The second-order valence-corrected chi connectivity index (χ2v) is 5.81. The normalized spacial score (nSPS) is 24.8. The van der Waals surface area contributed by atoms with E-state index in [4.69, 9.17) is 5.73 Å². The van der Waals surface area contributed by atoms with Crippen LogP contribution in [0.3, 0.4) is 0 Å². The highest BCUT2D eigenvalue weighted by Gasteiger charge is 2.39. The third-order valence-electron chi connectivity index (χ3n) is 4.12. The van der Waals surface area contributed by atoms with Crippen LogP contribution in [-0.4, -0.2) is 35.5 Å². The summed E-state index contributed by atoms with van der Waals surface area (Å²) in [5.41, 5.74) is 6.99. The van der Waals surface area contributed by atoms with Crippen LogP contribution in [0.15, 0.2) is 24.3 Å². The summed E-state index contributed by atoms with van der Waals surface area (Å²) >= 11 is 0. The molecule has 2 fully saturated rings. The minimum absolute atomic E-state index is 0. The largest absolute Gasteiger partial charge is 0.399 e. The van der Waals surface area contributed by atoms with Crippen LogP contribution in [0.25, 0.3) is 0 Å². The van der Waals surface area contributed by atoms with Gasteiger partial charge < -0.3 is 11.1 Å². The minimum atomic E-state index is -0.0119. The molecule has 2 atom stereocenters. The number of nitrogens with two attached hydrogens (primary N) is 1. The molecule has 1 aromatic rings. The standard InChI is InChI=1S/C15H21N3O.2ClH/c1-10-7-13(9-18(10)14-5-6-14)17-15(19)11-3-2-4-12(16)8-11;;/h2-4,8,10,13-14H,5-7,9,16H2,1H3,(H,17,19);2*1H. The molecule has 6 heteroatoms. The number of nitrogen functional groups attached to an aromatic ring is 1. The second kappa shape index (κ2) is 7.34. The zero-order valence-corrected chi connectivity index (χ0v) is 13.8. The Kier molecular flexibility index (Phi) is 6.32. The van der Waals surface area contributed by atoms with Crippen molar-refractivity contribution < 1.29 is 4.79 Å². The van der Waals surface area contributed by atoms with Crippen molar-refractivity contribution in [3.05, 3.63) is 29.8 Å². The van der Waals surface area contributed by atoms with Crippen LogP contribution in [0, 0.1) is 0 Å². The first-order valence-corrected chi connectivity index (χ1v) is 7.05. The zero-order valence-electron chi connectivity index (χ0n) is 12.1. The van der Waals surface area contributed by atoms with Gasteiger partial charge in [0.15, 0.2) is 0 Å². The van der Waals surface area contributed by atoms with Gasteiger partial charge in [-0.05, 0) is 44.4 Å². The second-order valence-electron chi connectivity index (χ2n) is 5.81. The maximum absolute atomic E-state index is 12.2. The molecule has 0 bridgehead atoms. The van der Waals surface area contributed by atoms with Crippen molar-refractivity contribution in [1.29, 1.82) is 0 Å². The predicted molar refractivity (Wildman–Crippen MR) is 90.4 cm³/mol. The fourth-order valence-electron chi connectivity index (χ4n) is 3.02. The van der Waals surface area contributed by atoms with Gasteiger partial charge in [0.1, 0.15) is 0 Å². The first-order chi connectivity index (χ1) is 9.13. The van der Waals surface area contributed by atoms with Gasteiger partial charge in [-0.25, -0.2) is 0 Å². The smallest absolute Gasteiger partial charge is 0.251 e. The molecule has 1 heterocycles. The number of nitrogens with zero attached hydrogens (tertiary/aromatic N) is 1. The number of likely N-dealkylation sites (tertiary alicyclic amines) is 1. The summed E-state index contributed by atoms with van der Waals surface area (Å²) in [6.45, 7) is 3.24. The van der Waals surface area contributed by atoms with Crippen molar-refractivity contribution in [1.82, 2.24) is 10.2 Å². The number of nitrogens with one attached hydrogen (secondary N) is 1. The summed E-state index contributed by atoms with van der Waals surface area (Å²) in [7, 11) is 0. The van der Waals surface area contributed by atoms with E-state index < -0.39 is 0 Å². The highest BCUT2D eigenvalue weighted by Crippen LogP contribution is 2.33. The number of carbonyl (C=O) groups is 1. The van der Waals surface area contributed by atoms with Crippen LogP contribution < -0.4 is 11.1 Å². The summed E-state index contributed by atoms with van der Waals surface area (Å²) in [6.07, 6.45) is 3.69. The number of amides is 1. The Morgan fingerprint density at radius 2 is 2.05 bits per heavy atom. The van der Waals surface area contributed by atoms with Gasteiger partial charge in [0.25, 0.3) is 5.91 Å². The average molecular weight is 332 g/mol. The van der Waals surface area contributed by atoms with Crippen molar-refractivity contribution in [2.75, 3.05) is 12.3 Å². The molecule has 4 nitrogen and oxygen atoms in total. The van der Waals surface area contributed by atoms with Crippen LogP contribution in [0.2, 0.25) is 0 Å². The lowest BCUT2D eigenvalue weighted by Crippen LogP contribution is -2.37. The Morgan fingerprint density at radius 1 is 1.33 bits per heavy atom. The number of anilines is 1. The van der Waals surface area contributed by atoms with E-state index in [1.54, 1.807) is 12.1 Å². The van der Waals surface area contributed by atoms with Gasteiger partial charge in [-0.1, -0.05) is 6.07 Å². The van der Waals surface area contributed by atoms with Gasteiger partial charge in [0.2, 0.25) is 0 Å². The topological polar surface area (TPSA) is 58.4 Å². The van der Waals surface area contributed by atoms with Crippen LogP contribution in [0.4, 0.5) is 5.69 Å². The number of hydrogen-bond acceptors (Lipinski definition) is 3. The quantitative estimate of drug-likeness (QED) is 0.836. The SMILES string of the molecule is CC1CC(NC(=O)c2cccc(N)c2)CN1C1CC1.Cl.Cl. The summed E-state index contributed by atoms with van der Waals surface area (Å²) in [5, 5.41) is 3.13. The molecule has 0 radical (unpaired) electrons. The van der Waals surface area contributed by atoms with E-state index in [9.17, 15) is 4.79 Å². The number of carbonyl (C=O) groups excluding carboxylic acids is 1. The Labute approximate surface area is 138 Å². The first-order valence-electron chi connectivity index (χ1n) is 7.05. The maximum Gasteiger partial charge on any atom is 0.251 e. The molecule has 3 N–H and O–H groups in total. The van der Waals surface area contributed by atoms with Gasteiger partial charge in [-0.2, -0.15) is 0 Å². The number of benzene rings is 1. The Balaban J connectivity index is 0.00000110. The summed E-state index contributed by atoms with van der Waals surface area (Å²) in [6, 6.07) is 8.77. The molecule has 2 aliphatic rings. The van der Waals surface area contributed by atoms with Gasteiger partial charge >= 0.3 is 0 Å². The fourth-order valence-corrected chi connectivity index (χ4v) is 3.02. The van der Waals surface area contributed by atoms with Crippen molar-refractivity contribution in [2.45, 2.75) is 44.3 Å². The van der Waals surface area contributed by atoms with Gasteiger partial charge in [-0.3, -0.25) is 9.69 Å². The Hall–Kier alpha value is -0.970. The molecule has 1 saturated heterocycles. The van der Waals surface area contributed by atoms with E-state index in [1.165, 1.54) is 12.8 Å². The summed E-state index contributed by atoms with van der Waals surface area (Å²) < 4.78 is 0. The van der Waals surface area contributed by atoms with E-state index in [-0.39, 0.29) is 36.8 Å². The van der Waals surface area contributed by atoms with E-state index >= 15 is 0 Å². The average Bonchev–Trinajstić information content (AvgIpc) is 3.14. The predicted octanol–water partition coefficient (Wildman–Crippen LogP) is 2.47. The Morgan fingerprint density at radius 3 is 2.67 bits per heavy atom. The highest BCUT2D eigenvalue weighted by molar-refractivity contribution is 5.95. The van der Waals surface area contributed by atoms with Crippen LogP contribution in [0.5, 0.6) is 0 Å². The zero-order chi connectivity index (χ0) is 13.4. The van der Waals surface area contributed by atoms with E-state index in [1.807, 2.05) is 12.1 Å². The molecular weight excluding hydrogens is 309 g/mol. The van der Waals surface area contributed by atoms with Gasteiger partial charge in [-0.15, -0.1) is 24.8 Å². The van der Waals surface area contributed by atoms with Gasteiger partial charge in [0, 0.05) is 35.9 Å². The van der Waals surface area contributed by atoms with Crippen molar-refractivity contribution in [3.8, 4) is 0 Å². The molecule has 1 aliphatic heterocycles. The molecule has 21 heavy (non-hydrogen) atoms. The van der Waals surface area contributed by atoms with Crippen molar-refractivity contribution in [2.24, 2.45) is 0 Å². The van der Waals surface area contributed by atoms with Crippen molar-refractivity contribution in [3.63, 3.8) is 0 Å². The minimum Gasteiger partial charge on any atom is -0.399 e. The van der Waals surface area contributed by atoms with Gasteiger partial charge in [0.05, 0.1) is 0 Å². The Bertz CT molecular complexity index is 494. The summed E-state index contributed by atoms with van der Waals surface area (Å²) in [5.74, 6) is -0.0119. The molecule has 1 aromatic carbocycles. The molecule has 2 unspecified atom stereocenters. The molecule has 0 aromatic heterocycles. The monoisotopic (exact) mass is 331 g/mol. The molecule has 3 rings (SSSR count). The molecule has 118 valence electrons. The number of rotatable bonds is 3. The molecule has 0 spiro atoms. The van der Waals surface area contributed by atoms with E-state index in [2.05, 4.69) is 17.1 Å². The lowest BCUT2D eigenvalue weighted by atomic mass is 10.1. The molecule has 1 saturated carbocycles. The summed E-state index contributed by atoms with van der Waals surface area (Å²) in [4.78, 5) is 14.7. The highest BCUT2D eigenvalue weighted by atomic mass is 35.5. The lowest BCUT2D eigenvalue weighted by molar-refractivity contribution is 0.0937. The number of halogens is 2. The lowest BCUT2D eigenvalue weighted by Gasteiger charge is -2.19. The van der Waals surface area contributed by atoms with E-state index in [0.717, 1.165) is 19.0 Å². The molecule has 1 aliphatic carbocycles. The number of hydrogen-bond donors (Lipinski definition) is 2. The maximum atomic E-state index is 12.2. The fraction of sp³-hybridized carbons (Fsp3) is 0.533. The van der Waals surface area contributed by atoms with Crippen LogP contribution in [-0.2, 0) is 0 Å². The third kappa shape index (κ3) is 4.25. The molecule has 1 amide bonds. The van der Waals surface area contributed by atoms with Crippen LogP contribution in [0.1, 0.15) is 36.5 Å². The van der Waals surface area contributed by atoms with E-state index in [0.29, 0.717) is 17.3 Å².